The average molecular weight is 413 g/mol. The first-order valence-electron chi connectivity index (χ1n) is 8.67. The number of fused-ring (bicyclic) bond motifs is 1. The SMILES string of the molecule is Cc1ccc(OCCSc2nc(-c3ccccc3)nc3cc(=O)[nH]n23)cc1Cl. The van der Waals surface area contributed by atoms with E-state index < -0.39 is 0 Å². The van der Waals surface area contributed by atoms with Crippen molar-refractivity contribution in [3.05, 3.63) is 75.5 Å². The minimum Gasteiger partial charge on any atom is -0.493 e. The lowest BCUT2D eigenvalue weighted by Gasteiger charge is -2.09. The Morgan fingerprint density at radius 1 is 1.14 bits per heavy atom. The quantitative estimate of drug-likeness (QED) is 0.379. The lowest BCUT2D eigenvalue weighted by atomic mass is 10.2. The largest absolute Gasteiger partial charge is 0.493 e. The van der Waals surface area contributed by atoms with Crippen LogP contribution in [0.4, 0.5) is 0 Å². The second-order valence-electron chi connectivity index (χ2n) is 6.12. The van der Waals surface area contributed by atoms with E-state index in [0.29, 0.717) is 34.0 Å². The molecule has 2 aromatic heterocycles. The molecule has 28 heavy (non-hydrogen) atoms. The molecule has 142 valence electrons. The summed E-state index contributed by atoms with van der Waals surface area (Å²) in [6.45, 7) is 2.42. The van der Waals surface area contributed by atoms with Crippen molar-refractivity contribution in [2.75, 3.05) is 12.4 Å². The van der Waals surface area contributed by atoms with Gasteiger partial charge in [0.25, 0.3) is 5.56 Å². The van der Waals surface area contributed by atoms with E-state index in [-0.39, 0.29) is 5.56 Å². The molecule has 1 N–H and O–H groups in total. The molecule has 0 bridgehead atoms. The Bertz CT molecular complexity index is 1170. The van der Waals surface area contributed by atoms with E-state index >= 15 is 0 Å². The summed E-state index contributed by atoms with van der Waals surface area (Å²) in [7, 11) is 0. The van der Waals surface area contributed by atoms with Crippen molar-refractivity contribution in [3.8, 4) is 17.1 Å². The molecule has 8 heteroatoms. The lowest BCUT2D eigenvalue weighted by Crippen LogP contribution is -2.06. The number of hydrogen-bond donors (Lipinski definition) is 1. The monoisotopic (exact) mass is 412 g/mol. The molecule has 4 rings (SSSR count). The third-order valence-electron chi connectivity index (χ3n) is 4.08. The van der Waals surface area contributed by atoms with Gasteiger partial charge in [-0.15, -0.1) is 0 Å². The summed E-state index contributed by atoms with van der Waals surface area (Å²) in [6.07, 6.45) is 0. The summed E-state index contributed by atoms with van der Waals surface area (Å²) in [6, 6.07) is 16.8. The van der Waals surface area contributed by atoms with Crippen LogP contribution in [0.1, 0.15) is 5.56 Å². The molecule has 0 radical (unpaired) electrons. The number of thioether (sulfide) groups is 1. The van der Waals surface area contributed by atoms with Gasteiger partial charge in [-0.3, -0.25) is 9.89 Å². The number of aryl methyl sites for hydroxylation is 1. The molecule has 2 heterocycles. The standard InChI is InChI=1S/C20H17ClN4O2S/c1-13-7-8-15(11-16(13)21)27-9-10-28-20-23-19(14-5-3-2-4-6-14)22-17-12-18(26)24-25(17)20/h2-8,11-12H,9-10H2,1H3,(H,24,26). The summed E-state index contributed by atoms with van der Waals surface area (Å²) >= 11 is 7.61. The van der Waals surface area contributed by atoms with Crippen LogP contribution in [-0.2, 0) is 0 Å². The summed E-state index contributed by atoms with van der Waals surface area (Å²) in [5.41, 5.74) is 2.22. The highest BCUT2D eigenvalue weighted by molar-refractivity contribution is 7.99. The van der Waals surface area contributed by atoms with Crippen molar-refractivity contribution in [1.82, 2.24) is 19.6 Å². The van der Waals surface area contributed by atoms with E-state index in [4.69, 9.17) is 16.3 Å². The number of nitrogens with one attached hydrogen (secondary N) is 1. The fourth-order valence-electron chi connectivity index (χ4n) is 2.65. The molecule has 2 aromatic carbocycles. The van der Waals surface area contributed by atoms with Gasteiger partial charge in [0, 0.05) is 22.4 Å². The Balaban J connectivity index is 1.52. The predicted molar refractivity (Wildman–Crippen MR) is 111 cm³/mol. The van der Waals surface area contributed by atoms with E-state index in [0.717, 1.165) is 16.9 Å². The van der Waals surface area contributed by atoms with E-state index in [1.54, 1.807) is 10.6 Å². The zero-order valence-electron chi connectivity index (χ0n) is 15.1. The summed E-state index contributed by atoms with van der Waals surface area (Å²) in [5.74, 6) is 1.95. The van der Waals surface area contributed by atoms with Crippen molar-refractivity contribution in [2.24, 2.45) is 0 Å². The molecule has 0 spiro atoms. The third kappa shape index (κ3) is 4.05. The van der Waals surface area contributed by atoms with E-state index in [1.165, 1.54) is 17.8 Å². The van der Waals surface area contributed by atoms with Crippen molar-refractivity contribution in [2.45, 2.75) is 12.1 Å². The number of aromatic amines is 1. The Kier molecular flexibility index (Phi) is 5.36. The van der Waals surface area contributed by atoms with Gasteiger partial charge in [-0.1, -0.05) is 59.8 Å². The van der Waals surface area contributed by atoms with Crippen LogP contribution < -0.4 is 10.3 Å². The van der Waals surface area contributed by atoms with Gasteiger partial charge in [-0.25, -0.2) is 14.5 Å². The molecule has 0 aliphatic carbocycles. The first-order chi connectivity index (χ1) is 13.6. The zero-order valence-corrected chi connectivity index (χ0v) is 16.6. The van der Waals surface area contributed by atoms with Crippen LogP contribution in [0.2, 0.25) is 5.02 Å². The van der Waals surface area contributed by atoms with E-state index in [2.05, 4.69) is 15.1 Å². The maximum Gasteiger partial charge on any atom is 0.266 e. The predicted octanol–water partition coefficient (Wildman–Crippen LogP) is 4.22. The Labute approximate surface area is 170 Å². The molecule has 0 amide bonds. The second-order valence-corrected chi connectivity index (χ2v) is 7.59. The molecular weight excluding hydrogens is 396 g/mol. The molecule has 0 aliphatic rings. The van der Waals surface area contributed by atoms with Gasteiger partial charge in [0.05, 0.1) is 6.61 Å². The maximum atomic E-state index is 11.8. The molecular formula is C20H17ClN4O2S. The molecule has 0 saturated heterocycles. The molecule has 6 nitrogen and oxygen atoms in total. The van der Waals surface area contributed by atoms with Crippen LogP contribution in [0, 0.1) is 6.92 Å². The van der Waals surface area contributed by atoms with Gasteiger partial charge in [0.2, 0.25) is 0 Å². The fraction of sp³-hybridized carbons (Fsp3) is 0.150. The van der Waals surface area contributed by atoms with Gasteiger partial charge in [-0.05, 0) is 24.6 Å². The van der Waals surface area contributed by atoms with Crippen molar-refractivity contribution in [1.29, 1.82) is 0 Å². The van der Waals surface area contributed by atoms with Gasteiger partial charge in [0.15, 0.2) is 16.6 Å². The molecule has 0 fully saturated rings. The molecule has 4 aromatic rings. The van der Waals surface area contributed by atoms with E-state index in [1.807, 2.05) is 49.4 Å². The van der Waals surface area contributed by atoms with Crippen molar-refractivity contribution >= 4 is 29.0 Å². The van der Waals surface area contributed by atoms with Gasteiger partial charge in [-0.2, -0.15) is 0 Å². The Morgan fingerprint density at radius 2 is 1.96 bits per heavy atom. The molecule has 0 unspecified atom stereocenters. The summed E-state index contributed by atoms with van der Waals surface area (Å²) in [5, 5.41) is 4.07. The van der Waals surface area contributed by atoms with Crippen LogP contribution in [0.15, 0.2) is 64.5 Å². The normalized spacial score (nSPS) is 11.1. The molecule has 0 aliphatic heterocycles. The smallest absolute Gasteiger partial charge is 0.266 e. The molecule has 0 atom stereocenters. The number of ether oxygens (including phenoxy) is 1. The van der Waals surface area contributed by atoms with Crippen LogP contribution in [0.25, 0.3) is 17.0 Å². The maximum absolute atomic E-state index is 11.8. The first kappa shape index (κ1) is 18.6. The highest BCUT2D eigenvalue weighted by Crippen LogP contribution is 2.23. The van der Waals surface area contributed by atoms with Gasteiger partial charge < -0.3 is 4.74 Å². The second kappa shape index (κ2) is 8.08. The fourth-order valence-corrected chi connectivity index (χ4v) is 3.59. The number of nitrogens with zero attached hydrogens (tertiary/aromatic N) is 3. The number of benzene rings is 2. The number of hydrogen-bond acceptors (Lipinski definition) is 5. The number of halogens is 1. The van der Waals surface area contributed by atoms with Gasteiger partial charge in [0.1, 0.15) is 5.75 Å². The highest BCUT2D eigenvalue weighted by atomic mass is 35.5. The van der Waals surface area contributed by atoms with Crippen LogP contribution in [0.3, 0.4) is 0 Å². The van der Waals surface area contributed by atoms with Crippen LogP contribution >= 0.6 is 23.4 Å². The van der Waals surface area contributed by atoms with Crippen LogP contribution in [0.5, 0.6) is 5.75 Å². The lowest BCUT2D eigenvalue weighted by molar-refractivity contribution is 0.344. The minimum atomic E-state index is -0.216. The van der Waals surface area contributed by atoms with Crippen LogP contribution in [-0.4, -0.2) is 31.9 Å². The minimum absolute atomic E-state index is 0.216. The number of aromatic nitrogens is 4. The Morgan fingerprint density at radius 3 is 2.75 bits per heavy atom. The van der Waals surface area contributed by atoms with E-state index in [9.17, 15) is 4.79 Å². The van der Waals surface area contributed by atoms with Crippen molar-refractivity contribution < 1.29 is 4.74 Å². The van der Waals surface area contributed by atoms with Crippen molar-refractivity contribution in [3.63, 3.8) is 0 Å². The first-order valence-corrected chi connectivity index (χ1v) is 10.0. The Hall–Kier alpha value is -2.77. The number of rotatable bonds is 6. The molecule has 0 saturated carbocycles. The average Bonchev–Trinajstić information content (AvgIpc) is 3.08. The number of H-pyrrole nitrogens is 1. The summed E-state index contributed by atoms with van der Waals surface area (Å²) < 4.78 is 7.37. The zero-order chi connectivity index (χ0) is 19.5. The summed E-state index contributed by atoms with van der Waals surface area (Å²) in [4.78, 5) is 20.9. The van der Waals surface area contributed by atoms with Gasteiger partial charge >= 0.3 is 0 Å². The topological polar surface area (TPSA) is 72.3 Å². The highest BCUT2D eigenvalue weighted by Gasteiger charge is 2.11. The third-order valence-corrected chi connectivity index (χ3v) is 5.39.